The third-order valence-corrected chi connectivity index (χ3v) is 6.74. The van der Waals surface area contributed by atoms with Crippen molar-refractivity contribution in [2.45, 2.75) is 19.4 Å². The van der Waals surface area contributed by atoms with E-state index in [0.29, 0.717) is 0 Å². The molecule has 1 saturated carbocycles. The van der Waals surface area contributed by atoms with Crippen molar-refractivity contribution in [3.8, 4) is 10.4 Å². The van der Waals surface area contributed by atoms with Gasteiger partial charge in [0.15, 0.2) is 0 Å². The van der Waals surface area contributed by atoms with Crippen LogP contribution < -0.4 is 5.32 Å². The molecule has 1 aromatic heterocycles. The van der Waals surface area contributed by atoms with Crippen LogP contribution in [0, 0.1) is 17.8 Å². The zero-order chi connectivity index (χ0) is 16.6. The summed E-state index contributed by atoms with van der Waals surface area (Å²) in [5, 5.41) is 7.42. The second kappa shape index (κ2) is 6.40. The Morgan fingerprint density at radius 2 is 1.96 bits per heavy atom. The lowest BCUT2D eigenvalue weighted by molar-refractivity contribution is 0.414. The Morgan fingerprint density at radius 1 is 1.04 bits per heavy atom. The summed E-state index contributed by atoms with van der Waals surface area (Å²) < 4.78 is 0. The molecule has 3 aromatic rings. The number of nitrogens with zero attached hydrogens (tertiary/aromatic N) is 1. The van der Waals surface area contributed by atoms with Crippen LogP contribution in [0.5, 0.6) is 0 Å². The van der Waals surface area contributed by atoms with Gasteiger partial charge in [-0.3, -0.25) is 0 Å². The molecule has 3 unspecified atom stereocenters. The summed E-state index contributed by atoms with van der Waals surface area (Å²) >= 11 is 1.81. The number of allylic oxidation sites excluding steroid dienone is 2. The number of benzene rings is 2. The van der Waals surface area contributed by atoms with Crippen LogP contribution in [0.1, 0.15) is 17.8 Å². The van der Waals surface area contributed by atoms with Crippen LogP contribution in [0.2, 0.25) is 0 Å². The fourth-order valence-electron chi connectivity index (χ4n) is 4.45. The van der Waals surface area contributed by atoms with Gasteiger partial charge in [0.2, 0.25) is 0 Å². The van der Waals surface area contributed by atoms with Crippen LogP contribution in [-0.4, -0.2) is 11.5 Å². The monoisotopic (exact) mass is 346 g/mol. The molecule has 1 fully saturated rings. The Balaban J connectivity index is 1.28. The zero-order valence-corrected chi connectivity index (χ0v) is 15.0. The second-order valence-corrected chi connectivity index (χ2v) is 8.43. The van der Waals surface area contributed by atoms with Crippen LogP contribution in [0.15, 0.2) is 60.8 Å². The predicted octanol–water partition coefficient (Wildman–Crippen LogP) is 5.27. The Kier molecular flexibility index (Phi) is 3.91. The van der Waals surface area contributed by atoms with Crippen molar-refractivity contribution in [2.75, 3.05) is 6.54 Å². The topological polar surface area (TPSA) is 24.9 Å². The highest BCUT2D eigenvalue weighted by Gasteiger charge is 2.34. The van der Waals surface area contributed by atoms with Gasteiger partial charge in [0.05, 0.1) is 4.88 Å². The summed E-state index contributed by atoms with van der Waals surface area (Å²) in [4.78, 5) is 5.91. The predicted molar refractivity (Wildman–Crippen MR) is 106 cm³/mol. The number of hydrogen-bond acceptors (Lipinski definition) is 3. The zero-order valence-electron chi connectivity index (χ0n) is 14.2. The molecule has 5 rings (SSSR count). The van der Waals surface area contributed by atoms with Gasteiger partial charge in [-0.1, -0.05) is 54.6 Å². The maximum Gasteiger partial charge on any atom is 0.107 e. The average Bonchev–Trinajstić information content (AvgIpc) is 3.38. The minimum atomic E-state index is 0.819. The molecule has 2 nitrogen and oxygen atoms in total. The highest BCUT2D eigenvalue weighted by molar-refractivity contribution is 7.15. The molecule has 0 aliphatic heterocycles. The van der Waals surface area contributed by atoms with Gasteiger partial charge in [0.1, 0.15) is 5.01 Å². The number of aromatic nitrogens is 1. The smallest absolute Gasteiger partial charge is 0.107 e. The number of thiazole rings is 1. The Hall–Kier alpha value is -1.97. The lowest BCUT2D eigenvalue weighted by Crippen LogP contribution is -2.24. The minimum Gasteiger partial charge on any atom is -0.310 e. The SMILES string of the molecule is C1=CC2CC1CC2CNCc1ncc(-c2cccc3ccccc23)s1. The molecule has 3 atom stereocenters. The second-order valence-electron chi connectivity index (χ2n) is 7.32. The molecule has 2 aliphatic carbocycles. The van der Waals surface area contributed by atoms with E-state index >= 15 is 0 Å². The molecule has 0 radical (unpaired) electrons. The van der Waals surface area contributed by atoms with Gasteiger partial charge in [-0.2, -0.15) is 0 Å². The first-order valence-corrected chi connectivity index (χ1v) is 10.0. The Morgan fingerprint density at radius 3 is 2.84 bits per heavy atom. The van der Waals surface area contributed by atoms with E-state index in [4.69, 9.17) is 0 Å². The van der Waals surface area contributed by atoms with Gasteiger partial charge in [-0.25, -0.2) is 4.98 Å². The van der Waals surface area contributed by atoms with Crippen molar-refractivity contribution < 1.29 is 0 Å². The lowest BCUT2D eigenvalue weighted by atomic mass is 9.94. The Labute approximate surface area is 152 Å². The fraction of sp³-hybridized carbons (Fsp3) is 0.318. The van der Waals surface area contributed by atoms with Gasteiger partial charge in [-0.15, -0.1) is 11.3 Å². The molecule has 0 saturated heterocycles. The van der Waals surface area contributed by atoms with E-state index < -0.39 is 0 Å². The van der Waals surface area contributed by atoms with Crippen LogP contribution >= 0.6 is 11.3 Å². The van der Waals surface area contributed by atoms with Gasteiger partial charge < -0.3 is 5.32 Å². The molecule has 3 heteroatoms. The lowest BCUT2D eigenvalue weighted by Gasteiger charge is -2.18. The number of nitrogens with one attached hydrogen (secondary N) is 1. The van der Waals surface area contributed by atoms with Crippen molar-refractivity contribution in [3.05, 3.63) is 65.8 Å². The van der Waals surface area contributed by atoms with Crippen LogP contribution in [0.3, 0.4) is 0 Å². The summed E-state index contributed by atoms with van der Waals surface area (Å²) in [6, 6.07) is 15.1. The summed E-state index contributed by atoms with van der Waals surface area (Å²) in [7, 11) is 0. The van der Waals surface area contributed by atoms with E-state index in [0.717, 1.165) is 30.8 Å². The van der Waals surface area contributed by atoms with Crippen molar-refractivity contribution in [2.24, 2.45) is 17.8 Å². The third kappa shape index (κ3) is 2.92. The van der Waals surface area contributed by atoms with E-state index in [-0.39, 0.29) is 0 Å². The number of rotatable bonds is 5. The Bertz CT molecular complexity index is 921. The largest absolute Gasteiger partial charge is 0.310 e. The van der Waals surface area contributed by atoms with E-state index in [1.165, 1.54) is 39.1 Å². The van der Waals surface area contributed by atoms with Gasteiger partial charge in [0, 0.05) is 18.3 Å². The molecule has 0 spiro atoms. The summed E-state index contributed by atoms with van der Waals surface area (Å²) in [5.74, 6) is 2.50. The average molecular weight is 346 g/mol. The molecule has 25 heavy (non-hydrogen) atoms. The summed E-state index contributed by atoms with van der Waals surface area (Å²) in [6.45, 7) is 2.00. The quantitative estimate of drug-likeness (QED) is 0.637. The maximum absolute atomic E-state index is 4.65. The third-order valence-electron chi connectivity index (χ3n) is 5.71. The molecule has 126 valence electrons. The van der Waals surface area contributed by atoms with Crippen molar-refractivity contribution >= 4 is 22.1 Å². The molecular formula is C22H22N2S. The van der Waals surface area contributed by atoms with Gasteiger partial charge in [-0.05, 0) is 47.9 Å². The standard InChI is InChI=1S/C22H22N2S/c1-2-6-19-16(4-1)5-3-7-20(19)21-13-24-22(25-21)14-23-12-18-11-15-8-9-17(18)10-15/h1-9,13,15,17-18,23H,10-12,14H2. The number of fused-ring (bicyclic) bond motifs is 3. The normalized spacial score (nSPS) is 24.4. The van der Waals surface area contributed by atoms with Crippen LogP contribution in [-0.2, 0) is 6.54 Å². The molecule has 0 amide bonds. The molecule has 2 aromatic carbocycles. The van der Waals surface area contributed by atoms with E-state index in [2.05, 4.69) is 64.9 Å². The molecule has 2 bridgehead atoms. The van der Waals surface area contributed by atoms with Gasteiger partial charge in [0.25, 0.3) is 0 Å². The molecule has 1 heterocycles. The molecular weight excluding hydrogens is 324 g/mol. The van der Waals surface area contributed by atoms with Crippen LogP contribution in [0.4, 0.5) is 0 Å². The number of hydrogen-bond donors (Lipinski definition) is 1. The van der Waals surface area contributed by atoms with Crippen molar-refractivity contribution in [1.29, 1.82) is 0 Å². The first kappa shape index (κ1) is 15.3. The highest BCUT2D eigenvalue weighted by Crippen LogP contribution is 2.43. The van der Waals surface area contributed by atoms with Crippen LogP contribution in [0.25, 0.3) is 21.2 Å². The summed E-state index contributed by atoms with van der Waals surface area (Å²) in [5.41, 5.74) is 1.29. The summed E-state index contributed by atoms with van der Waals surface area (Å²) in [6.07, 6.45) is 9.63. The molecule has 2 aliphatic rings. The van der Waals surface area contributed by atoms with Crippen molar-refractivity contribution in [3.63, 3.8) is 0 Å². The van der Waals surface area contributed by atoms with E-state index in [1.807, 2.05) is 17.5 Å². The minimum absolute atomic E-state index is 0.819. The molecule has 1 N–H and O–H groups in total. The highest BCUT2D eigenvalue weighted by atomic mass is 32.1. The van der Waals surface area contributed by atoms with Crippen molar-refractivity contribution in [1.82, 2.24) is 10.3 Å². The maximum atomic E-state index is 4.65. The fourth-order valence-corrected chi connectivity index (χ4v) is 5.38. The van der Waals surface area contributed by atoms with E-state index in [9.17, 15) is 0 Å². The van der Waals surface area contributed by atoms with E-state index in [1.54, 1.807) is 0 Å². The first-order valence-electron chi connectivity index (χ1n) is 9.19. The first-order chi connectivity index (χ1) is 12.4. The van der Waals surface area contributed by atoms with Gasteiger partial charge >= 0.3 is 0 Å².